The third kappa shape index (κ3) is 5.82. The van der Waals surface area contributed by atoms with Gasteiger partial charge >= 0.3 is 5.97 Å². The fourth-order valence-electron chi connectivity index (χ4n) is 1.81. The van der Waals surface area contributed by atoms with Crippen LogP contribution in [0.15, 0.2) is 30.3 Å². The van der Waals surface area contributed by atoms with E-state index in [2.05, 4.69) is 12.1 Å². The van der Waals surface area contributed by atoms with E-state index in [4.69, 9.17) is 10.5 Å². The van der Waals surface area contributed by atoms with Gasteiger partial charge in [0.25, 0.3) is 0 Å². The number of nitrogens with two attached hydrogens (primary N) is 1. The van der Waals surface area contributed by atoms with E-state index in [9.17, 15) is 4.79 Å². The van der Waals surface area contributed by atoms with Crippen molar-refractivity contribution in [2.75, 3.05) is 6.54 Å². The quantitative estimate of drug-likeness (QED) is 0.816. The molecule has 0 saturated heterocycles. The minimum absolute atomic E-state index is 0.141. The molecule has 1 atom stereocenters. The molecular formula is C15H23NO2. The molecule has 0 aliphatic carbocycles. The number of esters is 1. The van der Waals surface area contributed by atoms with Gasteiger partial charge in [-0.2, -0.15) is 0 Å². The highest BCUT2D eigenvalue weighted by atomic mass is 16.6. The van der Waals surface area contributed by atoms with Crippen molar-refractivity contribution in [2.45, 2.75) is 39.2 Å². The first kappa shape index (κ1) is 14.7. The average Bonchev–Trinajstić information content (AvgIpc) is 2.27. The Kier molecular flexibility index (Phi) is 5.35. The molecule has 0 saturated carbocycles. The summed E-state index contributed by atoms with van der Waals surface area (Å²) in [6.45, 7) is 6.12. The van der Waals surface area contributed by atoms with E-state index in [0.29, 0.717) is 13.0 Å². The number of rotatable bonds is 5. The molecule has 1 aromatic rings. The maximum atomic E-state index is 11.7. The van der Waals surface area contributed by atoms with Gasteiger partial charge in [-0.25, -0.2) is 0 Å². The van der Waals surface area contributed by atoms with Crippen LogP contribution in [0.5, 0.6) is 0 Å². The lowest BCUT2D eigenvalue weighted by Gasteiger charge is -2.21. The first-order chi connectivity index (χ1) is 8.40. The molecule has 0 bridgehead atoms. The van der Waals surface area contributed by atoms with Crippen LogP contribution in [0, 0.1) is 5.92 Å². The van der Waals surface area contributed by atoms with Crippen LogP contribution in [0.3, 0.4) is 0 Å². The highest BCUT2D eigenvalue weighted by Gasteiger charge is 2.19. The van der Waals surface area contributed by atoms with Crippen molar-refractivity contribution >= 4 is 5.97 Å². The molecule has 3 nitrogen and oxygen atoms in total. The molecule has 100 valence electrons. The lowest BCUT2D eigenvalue weighted by atomic mass is 9.96. The van der Waals surface area contributed by atoms with E-state index in [0.717, 1.165) is 6.42 Å². The SMILES string of the molecule is CC(C)(C)OC(=O)C[C@H](CN)Cc1ccccc1. The van der Waals surface area contributed by atoms with E-state index in [1.54, 1.807) is 0 Å². The molecular weight excluding hydrogens is 226 g/mol. The van der Waals surface area contributed by atoms with Crippen LogP contribution in [0.25, 0.3) is 0 Å². The Labute approximate surface area is 109 Å². The Morgan fingerprint density at radius 1 is 1.28 bits per heavy atom. The molecule has 0 fully saturated rings. The Morgan fingerprint density at radius 2 is 1.89 bits per heavy atom. The zero-order valence-electron chi connectivity index (χ0n) is 11.5. The van der Waals surface area contributed by atoms with Crippen molar-refractivity contribution in [3.8, 4) is 0 Å². The predicted molar refractivity (Wildman–Crippen MR) is 73.2 cm³/mol. The van der Waals surface area contributed by atoms with Gasteiger partial charge in [0.1, 0.15) is 5.60 Å². The fraction of sp³-hybridized carbons (Fsp3) is 0.533. The predicted octanol–water partition coefficient (Wildman–Crippen LogP) is 2.54. The van der Waals surface area contributed by atoms with Crippen molar-refractivity contribution in [3.63, 3.8) is 0 Å². The van der Waals surface area contributed by atoms with E-state index >= 15 is 0 Å². The summed E-state index contributed by atoms with van der Waals surface area (Å²) in [5.74, 6) is -0.0314. The van der Waals surface area contributed by atoms with Crippen LogP contribution >= 0.6 is 0 Å². The lowest BCUT2D eigenvalue weighted by Crippen LogP contribution is -2.28. The molecule has 0 amide bonds. The summed E-state index contributed by atoms with van der Waals surface area (Å²) in [5.41, 5.74) is 6.50. The van der Waals surface area contributed by atoms with Gasteiger partial charge in [0.05, 0.1) is 0 Å². The van der Waals surface area contributed by atoms with Crippen LogP contribution in [0.4, 0.5) is 0 Å². The molecule has 1 aromatic carbocycles. The van der Waals surface area contributed by atoms with Gasteiger partial charge in [0.15, 0.2) is 0 Å². The Balaban J connectivity index is 2.50. The largest absolute Gasteiger partial charge is 0.460 e. The van der Waals surface area contributed by atoms with E-state index in [1.807, 2.05) is 39.0 Å². The third-order valence-electron chi connectivity index (χ3n) is 2.58. The molecule has 2 N–H and O–H groups in total. The summed E-state index contributed by atoms with van der Waals surface area (Å²) in [7, 11) is 0. The van der Waals surface area contributed by atoms with Crippen LogP contribution in [-0.2, 0) is 16.0 Å². The maximum Gasteiger partial charge on any atom is 0.306 e. The van der Waals surface area contributed by atoms with Crippen LogP contribution in [0.1, 0.15) is 32.8 Å². The van der Waals surface area contributed by atoms with Crippen LogP contribution < -0.4 is 5.73 Å². The number of carbonyl (C=O) groups excluding carboxylic acids is 1. The van der Waals surface area contributed by atoms with Gasteiger partial charge in [0.2, 0.25) is 0 Å². The third-order valence-corrected chi connectivity index (χ3v) is 2.58. The minimum Gasteiger partial charge on any atom is -0.460 e. The highest BCUT2D eigenvalue weighted by Crippen LogP contribution is 2.15. The average molecular weight is 249 g/mol. The molecule has 0 spiro atoms. The minimum atomic E-state index is -0.428. The van der Waals surface area contributed by atoms with E-state index in [-0.39, 0.29) is 11.9 Å². The first-order valence-corrected chi connectivity index (χ1v) is 6.36. The zero-order chi connectivity index (χ0) is 13.6. The Bertz CT molecular complexity index is 368. The summed E-state index contributed by atoms with van der Waals surface area (Å²) >= 11 is 0. The second kappa shape index (κ2) is 6.55. The lowest BCUT2D eigenvalue weighted by molar-refractivity contribution is -0.155. The van der Waals surface area contributed by atoms with Gasteiger partial charge in [-0.3, -0.25) is 4.79 Å². The molecule has 0 heterocycles. The van der Waals surface area contributed by atoms with Gasteiger partial charge in [-0.1, -0.05) is 30.3 Å². The standard InChI is InChI=1S/C15H23NO2/c1-15(2,3)18-14(17)10-13(11-16)9-12-7-5-4-6-8-12/h4-8,13H,9-11,16H2,1-3H3/t13-/m1/s1. The molecule has 0 radical (unpaired) electrons. The van der Waals surface area contributed by atoms with Gasteiger partial charge < -0.3 is 10.5 Å². The fourth-order valence-corrected chi connectivity index (χ4v) is 1.81. The number of benzene rings is 1. The van der Waals surface area contributed by atoms with Crippen molar-refractivity contribution < 1.29 is 9.53 Å². The van der Waals surface area contributed by atoms with Crippen molar-refractivity contribution in [1.82, 2.24) is 0 Å². The monoisotopic (exact) mass is 249 g/mol. The van der Waals surface area contributed by atoms with Crippen molar-refractivity contribution in [3.05, 3.63) is 35.9 Å². The van der Waals surface area contributed by atoms with Crippen molar-refractivity contribution in [1.29, 1.82) is 0 Å². The van der Waals surface area contributed by atoms with E-state index in [1.165, 1.54) is 5.56 Å². The Hall–Kier alpha value is -1.35. The summed E-state index contributed by atoms with van der Waals surface area (Å²) in [4.78, 5) is 11.7. The number of hydrogen-bond donors (Lipinski definition) is 1. The summed E-state index contributed by atoms with van der Waals surface area (Å²) in [5, 5.41) is 0. The number of carbonyl (C=O) groups is 1. The molecule has 3 heteroatoms. The van der Waals surface area contributed by atoms with Crippen LogP contribution in [-0.4, -0.2) is 18.1 Å². The molecule has 1 rings (SSSR count). The van der Waals surface area contributed by atoms with Gasteiger partial charge in [-0.05, 0) is 45.2 Å². The molecule has 0 aliphatic rings. The smallest absolute Gasteiger partial charge is 0.306 e. The molecule has 0 unspecified atom stereocenters. The summed E-state index contributed by atoms with van der Waals surface area (Å²) in [6.07, 6.45) is 1.19. The van der Waals surface area contributed by atoms with Crippen LogP contribution in [0.2, 0.25) is 0 Å². The maximum absolute atomic E-state index is 11.7. The second-order valence-electron chi connectivity index (χ2n) is 5.58. The molecule has 18 heavy (non-hydrogen) atoms. The highest BCUT2D eigenvalue weighted by molar-refractivity contribution is 5.70. The van der Waals surface area contributed by atoms with Gasteiger partial charge in [-0.15, -0.1) is 0 Å². The van der Waals surface area contributed by atoms with E-state index < -0.39 is 5.60 Å². The zero-order valence-corrected chi connectivity index (χ0v) is 11.5. The summed E-state index contributed by atoms with van der Waals surface area (Å²) in [6, 6.07) is 10.1. The van der Waals surface area contributed by atoms with Gasteiger partial charge in [0, 0.05) is 6.42 Å². The summed E-state index contributed by atoms with van der Waals surface area (Å²) < 4.78 is 5.31. The second-order valence-corrected chi connectivity index (χ2v) is 5.58. The molecule has 0 aromatic heterocycles. The topological polar surface area (TPSA) is 52.3 Å². The first-order valence-electron chi connectivity index (χ1n) is 6.36. The number of ether oxygens (including phenoxy) is 1. The normalized spacial score (nSPS) is 13.1. The molecule has 0 aliphatic heterocycles. The van der Waals surface area contributed by atoms with Crippen molar-refractivity contribution in [2.24, 2.45) is 11.7 Å². The number of hydrogen-bond acceptors (Lipinski definition) is 3. The Morgan fingerprint density at radius 3 is 2.39 bits per heavy atom.